The normalized spacial score (nSPS) is 20.5. The van der Waals surface area contributed by atoms with E-state index in [0.717, 1.165) is 24.5 Å². The first-order chi connectivity index (χ1) is 11.6. The minimum absolute atomic E-state index is 0.437. The standard InChI is InChI=1S/C18H22BrN3O2/c1-12-6-8-13(9-7-12)21-18-20-11-16(19)17(22-18)24-15-5-3-4-14(10-15)23-2/h3-5,10-13H,6-9H2,1-2H3,(H,20,21,22)/t12-,13+. The van der Waals surface area contributed by atoms with Gasteiger partial charge in [-0.05, 0) is 59.7 Å². The van der Waals surface area contributed by atoms with Gasteiger partial charge in [-0.2, -0.15) is 4.98 Å². The van der Waals surface area contributed by atoms with Crippen molar-refractivity contribution in [2.45, 2.75) is 38.6 Å². The zero-order valence-corrected chi connectivity index (χ0v) is 15.5. The second-order valence-electron chi connectivity index (χ2n) is 6.23. The van der Waals surface area contributed by atoms with E-state index in [0.29, 0.717) is 28.1 Å². The molecule has 1 aliphatic carbocycles. The van der Waals surface area contributed by atoms with Gasteiger partial charge in [0.25, 0.3) is 0 Å². The molecule has 3 rings (SSSR count). The summed E-state index contributed by atoms with van der Waals surface area (Å²) in [6, 6.07) is 7.88. The summed E-state index contributed by atoms with van der Waals surface area (Å²) in [5.41, 5.74) is 0. The molecule has 2 aromatic rings. The van der Waals surface area contributed by atoms with E-state index in [4.69, 9.17) is 9.47 Å². The monoisotopic (exact) mass is 391 g/mol. The molecule has 0 unspecified atom stereocenters. The Morgan fingerprint density at radius 1 is 1.17 bits per heavy atom. The molecule has 0 atom stereocenters. The highest BCUT2D eigenvalue weighted by Gasteiger charge is 2.19. The number of halogens is 1. The van der Waals surface area contributed by atoms with E-state index in [1.54, 1.807) is 13.3 Å². The zero-order chi connectivity index (χ0) is 16.9. The van der Waals surface area contributed by atoms with Crippen LogP contribution in [0.1, 0.15) is 32.6 Å². The fraction of sp³-hybridized carbons (Fsp3) is 0.444. The van der Waals surface area contributed by atoms with Crippen molar-refractivity contribution in [2.24, 2.45) is 5.92 Å². The molecular weight excluding hydrogens is 370 g/mol. The maximum Gasteiger partial charge on any atom is 0.238 e. The highest BCUT2D eigenvalue weighted by molar-refractivity contribution is 9.10. The number of nitrogens with one attached hydrogen (secondary N) is 1. The predicted octanol–water partition coefficient (Wildman–Crippen LogP) is 5.03. The molecule has 1 aromatic carbocycles. The Hall–Kier alpha value is -1.82. The van der Waals surface area contributed by atoms with Crippen LogP contribution in [0.2, 0.25) is 0 Å². The van der Waals surface area contributed by atoms with Crippen LogP contribution >= 0.6 is 15.9 Å². The van der Waals surface area contributed by atoms with Crippen molar-refractivity contribution in [1.82, 2.24) is 9.97 Å². The Labute approximate surface area is 150 Å². The SMILES string of the molecule is COc1cccc(Oc2nc(N[C@H]3CC[C@@H](C)CC3)ncc2Br)c1. The average Bonchev–Trinajstić information content (AvgIpc) is 2.60. The Morgan fingerprint density at radius 3 is 2.67 bits per heavy atom. The summed E-state index contributed by atoms with van der Waals surface area (Å²) in [4.78, 5) is 8.86. The van der Waals surface area contributed by atoms with Gasteiger partial charge in [0, 0.05) is 12.1 Å². The number of benzene rings is 1. The lowest BCUT2D eigenvalue weighted by atomic mass is 9.87. The van der Waals surface area contributed by atoms with Gasteiger partial charge >= 0.3 is 0 Å². The number of methoxy groups -OCH3 is 1. The number of hydrogen-bond acceptors (Lipinski definition) is 5. The molecule has 1 N–H and O–H groups in total. The Kier molecular flexibility index (Phi) is 5.56. The van der Waals surface area contributed by atoms with E-state index in [1.807, 2.05) is 24.3 Å². The van der Waals surface area contributed by atoms with Crippen LogP contribution in [0, 0.1) is 5.92 Å². The third-order valence-electron chi connectivity index (χ3n) is 4.32. The minimum Gasteiger partial charge on any atom is -0.497 e. The molecule has 1 aromatic heterocycles. The summed E-state index contributed by atoms with van der Waals surface area (Å²) in [6.07, 6.45) is 6.54. The first-order valence-electron chi connectivity index (χ1n) is 8.25. The molecule has 1 saturated carbocycles. The van der Waals surface area contributed by atoms with Crippen LogP contribution in [0.5, 0.6) is 17.4 Å². The van der Waals surface area contributed by atoms with Crippen molar-refractivity contribution in [2.75, 3.05) is 12.4 Å². The van der Waals surface area contributed by atoms with Gasteiger partial charge in [0.05, 0.1) is 17.8 Å². The molecule has 1 heterocycles. The number of aromatic nitrogens is 2. The van der Waals surface area contributed by atoms with Crippen LogP contribution in [-0.2, 0) is 0 Å². The molecule has 0 bridgehead atoms. The molecule has 0 amide bonds. The van der Waals surface area contributed by atoms with Crippen LogP contribution in [0.4, 0.5) is 5.95 Å². The van der Waals surface area contributed by atoms with Crippen molar-refractivity contribution >= 4 is 21.9 Å². The van der Waals surface area contributed by atoms with E-state index >= 15 is 0 Å². The number of ether oxygens (including phenoxy) is 2. The Balaban J connectivity index is 1.71. The van der Waals surface area contributed by atoms with Crippen LogP contribution in [-0.4, -0.2) is 23.1 Å². The maximum atomic E-state index is 5.88. The van der Waals surface area contributed by atoms with E-state index < -0.39 is 0 Å². The van der Waals surface area contributed by atoms with E-state index in [-0.39, 0.29) is 0 Å². The lowest BCUT2D eigenvalue weighted by Gasteiger charge is -2.26. The van der Waals surface area contributed by atoms with Gasteiger partial charge in [-0.3, -0.25) is 0 Å². The first-order valence-corrected chi connectivity index (χ1v) is 9.04. The van der Waals surface area contributed by atoms with Gasteiger partial charge in [0.15, 0.2) is 0 Å². The lowest BCUT2D eigenvalue weighted by molar-refractivity contribution is 0.360. The van der Waals surface area contributed by atoms with Gasteiger partial charge in [-0.15, -0.1) is 0 Å². The number of hydrogen-bond donors (Lipinski definition) is 1. The summed E-state index contributed by atoms with van der Waals surface area (Å²) in [7, 11) is 1.63. The smallest absolute Gasteiger partial charge is 0.238 e. The first kappa shape index (κ1) is 17.0. The molecule has 1 aliphatic rings. The fourth-order valence-electron chi connectivity index (χ4n) is 2.86. The topological polar surface area (TPSA) is 56.3 Å². The van der Waals surface area contributed by atoms with Crippen LogP contribution < -0.4 is 14.8 Å². The van der Waals surface area contributed by atoms with Gasteiger partial charge < -0.3 is 14.8 Å². The van der Waals surface area contributed by atoms with Crippen molar-refractivity contribution in [1.29, 1.82) is 0 Å². The van der Waals surface area contributed by atoms with Crippen LogP contribution in [0.25, 0.3) is 0 Å². The highest BCUT2D eigenvalue weighted by atomic mass is 79.9. The third-order valence-corrected chi connectivity index (χ3v) is 4.86. The van der Waals surface area contributed by atoms with Crippen molar-refractivity contribution in [3.8, 4) is 17.4 Å². The quantitative estimate of drug-likeness (QED) is 0.774. The van der Waals surface area contributed by atoms with Crippen LogP contribution in [0.15, 0.2) is 34.9 Å². The maximum absolute atomic E-state index is 5.88. The van der Waals surface area contributed by atoms with Gasteiger partial charge in [-0.1, -0.05) is 13.0 Å². The second kappa shape index (κ2) is 7.83. The lowest BCUT2D eigenvalue weighted by Crippen LogP contribution is -2.26. The summed E-state index contributed by atoms with van der Waals surface area (Å²) >= 11 is 3.45. The molecule has 24 heavy (non-hydrogen) atoms. The largest absolute Gasteiger partial charge is 0.497 e. The zero-order valence-electron chi connectivity index (χ0n) is 14.0. The Bertz CT molecular complexity index is 688. The molecule has 1 fully saturated rings. The second-order valence-corrected chi connectivity index (χ2v) is 7.08. The molecule has 0 radical (unpaired) electrons. The van der Waals surface area contributed by atoms with Gasteiger partial charge in [-0.25, -0.2) is 4.98 Å². The summed E-state index contributed by atoms with van der Waals surface area (Å²) in [5.74, 6) is 3.33. The molecule has 0 aliphatic heterocycles. The minimum atomic E-state index is 0.437. The van der Waals surface area contributed by atoms with Crippen LogP contribution in [0.3, 0.4) is 0 Å². The Morgan fingerprint density at radius 2 is 1.92 bits per heavy atom. The molecule has 128 valence electrons. The van der Waals surface area contributed by atoms with Crippen molar-refractivity contribution in [3.63, 3.8) is 0 Å². The van der Waals surface area contributed by atoms with Crippen molar-refractivity contribution in [3.05, 3.63) is 34.9 Å². The van der Waals surface area contributed by atoms with E-state index in [1.165, 1.54) is 12.8 Å². The molecule has 5 nitrogen and oxygen atoms in total. The number of nitrogens with zero attached hydrogens (tertiary/aromatic N) is 2. The van der Waals surface area contributed by atoms with E-state index in [9.17, 15) is 0 Å². The molecule has 0 spiro atoms. The number of anilines is 1. The summed E-state index contributed by atoms with van der Waals surface area (Å²) in [6.45, 7) is 2.31. The molecule has 6 heteroatoms. The van der Waals surface area contributed by atoms with Crippen molar-refractivity contribution < 1.29 is 9.47 Å². The van der Waals surface area contributed by atoms with E-state index in [2.05, 4.69) is 38.1 Å². The fourth-order valence-corrected chi connectivity index (χ4v) is 3.13. The van der Waals surface area contributed by atoms with Gasteiger partial charge in [0.1, 0.15) is 11.5 Å². The molecular formula is C18H22BrN3O2. The highest BCUT2D eigenvalue weighted by Crippen LogP contribution is 2.31. The average molecular weight is 392 g/mol. The molecule has 0 saturated heterocycles. The third kappa shape index (κ3) is 4.38. The summed E-state index contributed by atoms with van der Waals surface area (Å²) < 4.78 is 11.8. The summed E-state index contributed by atoms with van der Waals surface area (Å²) in [5, 5.41) is 3.43. The predicted molar refractivity (Wildman–Crippen MR) is 97.8 cm³/mol. The number of rotatable bonds is 5. The van der Waals surface area contributed by atoms with Gasteiger partial charge in [0.2, 0.25) is 11.8 Å².